The van der Waals surface area contributed by atoms with E-state index in [-0.39, 0.29) is 18.4 Å². The van der Waals surface area contributed by atoms with Crippen molar-refractivity contribution in [1.29, 1.82) is 0 Å². The Bertz CT molecular complexity index is 319. The molecule has 1 saturated heterocycles. The minimum atomic E-state index is -0.835. The van der Waals surface area contributed by atoms with Crippen LogP contribution in [0.3, 0.4) is 0 Å². The number of carboxylic acid groups (broad SMARTS) is 1. The number of rotatable bonds is 6. The van der Waals surface area contributed by atoms with Crippen LogP contribution in [0.1, 0.15) is 32.1 Å². The van der Waals surface area contributed by atoms with Gasteiger partial charge in [0.25, 0.3) is 0 Å². The molecule has 1 atom stereocenters. The number of piperidine rings is 1. The van der Waals surface area contributed by atoms with E-state index in [9.17, 15) is 14.4 Å². The molecule has 0 bridgehead atoms. The first kappa shape index (κ1) is 14.3. The monoisotopic (exact) mass is 257 g/mol. The van der Waals surface area contributed by atoms with Gasteiger partial charge in [-0.15, -0.1) is 0 Å². The van der Waals surface area contributed by atoms with Crippen molar-refractivity contribution in [2.45, 2.75) is 38.1 Å². The molecule has 4 N–H and O–H groups in total. The van der Waals surface area contributed by atoms with Gasteiger partial charge in [-0.2, -0.15) is 0 Å². The van der Waals surface area contributed by atoms with E-state index >= 15 is 0 Å². The Morgan fingerprint density at radius 2 is 2.17 bits per heavy atom. The molecule has 1 aliphatic rings. The Labute approximate surface area is 105 Å². The number of carbonyl (C=O) groups excluding carboxylic acids is 2. The van der Waals surface area contributed by atoms with Gasteiger partial charge < -0.3 is 21.1 Å². The zero-order valence-corrected chi connectivity index (χ0v) is 10.2. The molecule has 0 aliphatic carbocycles. The van der Waals surface area contributed by atoms with Crippen LogP contribution in [0.5, 0.6) is 0 Å². The number of carboxylic acids is 1. The second kappa shape index (κ2) is 7.52. The van der Waals surface area contributed by atoms with Gasteiger partial charge in [0.05, 0.1) is 0 Å². The van der Waals surface area contributed by atoms with E-state index in [2.05, 4.69) is 16.0 Å². The lowest BCUT2D eigenvalue weighted by molar-refractivity contribution is -0.137. The summed E-state index contributed by atoms with van der Waals surface area (Å²) in [5.41, 5.74) is 0. The van der Waals surface area contributed by atoms with E-state index in [0.717, 1.165) is 6.42 Å². The second-order valence-electron chi connectivity index (χ2n) is 4.24. The maximum atomic E-state index is 11.4. The molecule has 1 unspecified atom stereocenters. The van der Waals surface area contributed by atoms with E-state index < -0.39 is 12.0 Å². The highest BCUT2D eigenvalue weighted by Gasteiger charge is 2.23. The van der Waals surface area contributed by atoms with Crippen LogP contribution in [-0.4, -0.2) is 42.1 Å². The fraction of sp³-hybridized carbons (Fsp3) is 0.727. The number of hydrogen-bond acceptors (Lipinski definition) is 3. The van der Waals surface area contributed by atoms with Crippen LogP contribution in [0.2, 0.25) is 0 Å². The summed E-state index contributed by atoms with van der Waals surface area (Å²) in [6.07, 6.45) is 2.75. The van der Waals surface area contributed by atoms with Gasteiger partial charge >= 0.3 is 12.0 Å². The maximum absolute atomic E-state index is 11.4. The van der Waals surface area contributed by atoms with Gasteiger partial charge in [0.15, 0.2) is 0 Å². The zero-order chi connectivity index (χ0) is 13.4. The molecule has 1 heterocycles. The van der Waals surface area contributed by atoms with Crippen LogP contribution in [0.4, 0.5) is 4.79 Å². The highest BCUT2D eigenvalue weighted by Crippen LogP contribution is 2.02. The van der Waals surface area contributed by atoms with Gasteiger partial charge in [-0.05, 0) is 25.7 Å². The van der Waals surface area contributed by atoms with Gasteiger partial charge in [-0.1, -0.05) is 0 Å². The van der Waals surface area contributed by atoms with Gasteiger partial charge in [0.1, 0.15) is 6.04 Å². The van der Waals surface area contributed by atoms with E-state index in [0.29, 0.717) is 32.4 Å². The first-order valence-corrected chi connectivity index (χ1v) is 6.13. The van der Waals surface area contributed by atoms with Gasteiger partial charge in [0.2, 0.25) is 5.91 Å². The Morgan fingerprint density at radius 1 is 1.39 bits per heavy atom. The van der Waals surface area contributed by atoms with E-state index in [1.165, 1.54) is 0 Å². The van der Waals surface area contributed by atoms with Crippen LogP contribution in [0, 0.1) is 0 Å². The Balaban J connectivity index is 2.09. The lowest BCUT2D eigenvalue weighted by Gasteiger charge is -2.22. The minimum absolute atomic E-state index is 0.105. The molecule has 102 valence electrons. The first-order valence-electron chi connectivity index (χ1n) is 6.13. The topological polar surface area (TPSA) is 108 Å². The quantitative estimate of drug-likeness (QED) is 0.495. The fourth-order valence-corrected chi connectivity index (χ4v) is 1.72. The lowest BCUT2D eigenvalue weighted by atomic mass is 10.1. The summed E-state index contributed by atoms with van der Waals surface area (Å²) in [5, 5.41) is 16.3. The summed E-state index contributed by atoms with van der Waals surface area (Å²) >= 11 is 0. The van der Waals surface area contributed by atoms with Crippen molar-refractivity contribution >= 4 is 17.9 Å². The smallest absolute Gasteiger partial charge is 0.315 e. The molecule has 1 aliphatic heterocycles. The summed E-state index contributed by atoms with van der Waals surface area (Å²) in [5.74, 6) is -0.986. The molecule has 0 aromatic carbocycles. The SMILES string of the molecule is O=C(O)CCCCNC(=O)NC1CCCNC1=O. The number of nitrogens with one attached hydrogen (secondary N) is 3. The predicted molar refractivity (Wildman–Crippen MR) is 64.1 cm³/mol. The first-order chi connectivity index (χ1) is 8.59. The summed E-state index contributed by atoms with van der Waals surface area (Å²) in [4.78, 5) is 33.0. The molecule has 1 rings (SSSR count). The molecule has 3 amide bonds. The van der Waals surface area contributed by atoms with Crippen LogP contribution in [-0.2, 0) is 9.59 Å². The average Bonchev–Trinajstić information content (AvgIpc) is 2.31. The normalized spacial score (nSPS) is 18.9. The Morgan fingerprint density at radius 3 is 2.83 bits per heavy atom. The molecule has 0 aromatic heterocycles. The zero-order valence-electron chi connectivity index (χ0n) is 10.2. The minimum Gasteiger partial charge on any atom is -0.481 e. The lowest BCUT2D eigenvalue weighted by Crippen LogP contribution is -2.52. The third-order valence-corrected chi connectivity index (χ3v) is 2.69. The summed E-state index contributed by atoms with van der Waals surface area (Å²) in [6, 6.07) is -0.842. The standard InChI is InChI=1S/C11H19N3O4/c15-9(16)5-1-2-6-13-11(18)14-8-4-3-7-12-10(8)17/h8H,1-7H2,(H,12,17)(H,15,16)(H2,13,14,18). The number of aliphatic carboxylic acids is 1. The summed E-state index contributed by atoms with van der Waals surface area (Å²) in [6.45, 7) is 1.07. The maximum Gasteiger partial charge on any atom is 0.315 e. The molecule has 0 saturated carbocycles. The van der Waals surface area contributed by atoms with Crippen molar-refractivity contribution in [3.8, 4) is 0 Å². The predicted octanol–water partition coefficient (Wildman–Crippen LogP) is -0.181. The molecular weight excluding hydrogens is 238 g/mol. The molecule has 0 aromatic rings. The number of hydrogen-bond donors (Lipinski definition) is 4. The molecule has 18 heavy (non-hydrogen) atoms. The van der Waals surface area contributed by atoms with Crippen LogP contribution >= 0.6 is 0 Å². The average molecular weight is 257 g/mol. The number of amides is 3. The van der Waals surface area contributed by atoms with Crippen molar-refractivity contribution in [2.75, 3.05) is 13.1 Å². The van der Waals surface area contributed by atoms with Crippen LogP contribution in [0.25, 0.3) is 0 Å². The van der Waals surface area contributed by atoms with E-state index in [1.54, 1.807) is 0 Å². The molecular formula is C11H19N3O4. The van der Waals surface area contributed by atoms with Crippen molar-refractivity contribution in [1.82, 2.24) is 16.0 Å². The Hall–Kier alpha value is -1.79. The van der Waals surface area contributed by atoms with Gasteiger partial charge in [-0.3, -0.25) is 9.59 Å². The van der Waals surface area contributed by atoms with Gasteiger partial charge in [-0.25, -0.2) is 4.79 Å². The highest BCUT2D eigenvalue weighted by atomic mass is 16.4. The largest absolute Gasteiger partial charge is 0.481 e. The summed E-state index contributed by atoms with van der Waals surface area (Å²) < 4.78 is 0. The molecule has 0 spiro atoms. The molecule has 0 radical (unpaired) electrons. The van der Waals surface area contributed by atoms with Crippen molar-refractivity contribution in [3.63, 3.8) is 0 Å². The van der Waals surface area contributed by atoms with Crippen molar-refractivity contribution in [2.24, 2.45) is 0 Å². The number of carbonyl (C=O) groups is 3. The molecule has 1 fully saturated rings. The molecule has 7 nitrogen and oxygen atoms in total. The van der Waals surface area contributed by atoms with Gasteiger partial charge in [0, 0.05) is 19.5 Å². The summed E-state index contributed by atoms with van der Waals surface area (Å²) in [7, 11) is 0. The van der Waals surface area contributed by atoms with E-state index in [1.807, 2.05) is 0 Å². The Kier molecular flexibility index (Phi) is 5.96. The van der Waals surface area contributed by atoms with E-state index in [4.69, 9.17) is 5.11 Å². The van der Waals surface area contributed by atoms with Crippen molar-refractivity contribution < 1.29 is 19.5 Å². The van der Waals surface area contributed by atoms with Crippen molar-refractivity contribution in [3.05, 3.63) is 0 Å². The number of urea groups is 1. The van der Waals surface area contributed by atoms with Crippen LogP contribution in [0.15, 0.2) is 0 Å². The van der Waals surface area contributed by atoms with Crippen LogP contribution < -0.4 is 16.0 Å². The fourth-order valence-electron chi connectivity index (χ4n) is 1.72. The second-order valence-corrected chi connectivity index (χ2v) is 4.24. The third kappa shape index (κ3) is 5.51. The molecule has 7 heteroatoms. The number of unbranched alkanes of at least 4 members (excludes halogenated alkanes) is 1. The highest BCUT2D eigenvalue weighted by molar-refractivity contribution is 5.87. The third-order valence-electron chi connectivity index (χ3n) is 2.69.